The highest BCUT2D eigenvalue weighted by molar-refractivity contribution is 5.04. The van der Waals surface area contributed by atoms with E-state index in [0.717, 1.165) is 12.0 Å². The third-order valence-corrected chi connectivity index (χ3v) is 3.31. The molecule has 0 saturated heterocycles. The fraction of sp³-hybridized carbons (Fsp3) is 0.733. The van der Waals surface area contributed by atoms with E-state index in [2.05, 4.69) is 41.2 Å². The second-order valence-corrected chi connectivity index (χ2v) is 5.43. The zero-order valence-corrected chi connectivity index (χ0v) is 11.7. The lowest BCUT2D eigenvalue weighted by molar-refractivity contribution is 0.0683. The van der Waals surface area contributed by atoms with Crippen LogP contribution in [0.15, 0.2) is 12.2 Å². The molecule has 1 heteroatoms. The monoisotopic (exact) mass is 224 g/mol. The van der Waals surface area contributed by atoms with Crippen LogP contribution in [0, 0.1) is 18.3 Å². The van der Waals surface area contributed by atoms with Gasteiger partial charge < -0.3 is 4.74 Å². The maximum absolute atomic E-state index is 5.78. The van der Waals surface area contributed by atoms with Gasteiger partial charge >= 0.3 is 0 Å². The summed E-state index contributed by atoms with van der Waals surface area (Å²) < 4.78 is 5.78. The maximum Gasteiger partial charge on any atom is 0.0675 e. The van der Waals surface area contributed by atoms with Crippen LogP contribution in [0.3, 0.4) is 0 Å². The zero-order valence-electron chi connectivity index (χ0n) is 11.7. The van der Waals surface area contributed by atoms with Gasteiger partial charge in [-0.2, -0.15) is 0 Å². The summed E-state index contributed by atoms with van der Waals surface area (Å²) in [5, 5.41) is 0. The van der Waals surface area contributed by atoms with E-state index in [0.29, 0.717) is 6.61 Å². The molecule has 1 nitrogen and oxygen atoms in total. The summed E-state index contributed by atoms with van der Waals surface area (Å²) in [6.45, 7) is 19.3. The first-order chi connectivity index (χ1) is 7.31. The molecule has 0 aromatic carbocycles. The molecule has 16 heavy (non-hydrogen) atoms. The molecule has 0 amide bonds. The van der Waals surface area contributed by atoms with Gasteiger partial charge in [-0.15, -0.1) is 0 Å². The summed E-state index contributed by atoms with van der Waals surface area (Å²) in [5.74, 6) is 1.42. The first-order valence-electron chi connectivity index (χ1n) is 6.20. The number of unbranched alkanes of at least 4 members (excludes halogenated alkanes) is 1. The van der Waals surface area contributed by atoms with Crippen LogP contribution in [0.5, 0.6) is 0 Å². The van der Waals surface area contributed by atoms with Crippen molar-refractivity contribution in [1.29, 1.82) is 0 Å². The Labute approximate surface area is 102 Å². The van der Waals surface area contributed by atoms with Gasteiger partial charge in [0.1, 0.15) is 0 Å². The number of hydrogen-bond acceptors (Lipinski definition) is 1. The largest absolute Gasteiger partial charge is 0.374 e. The van der Waals surface area contributed by atoms with Crippen LogP contribution in [0.2, 0.25) is 0 Å². The van der Waals surface area contributed by atoms with Crippen molar-refractivity contribution in [2.75, 3.05) is 6.61 Å². The summed E-state index contributed by atoms with van der Waals surface area (Å²) in [7, 11) is 0. The van der Waals surface area contributed by atoms with E-state index >= 15 is 0 Å². The van der Waals surface area contributed by atoms with Crippen molar-refractivity contribution in [3.05, 3.63) is 25.0 Å². The fourth-order valence-electron chi connectivity index (χ4n) is 1.71. The van der Waals surface area contributed by atoms with E-state index < -0.39 is 0 Å². The molecule has 0 saturated carbocycles. The molecule has 0 bridgehead atoms. The lowest BCUT2D eigenvalue weighted by Crippen LogP contribution is -2.30. The molecule has 0 aliphatic rings. The van der Waals surface area contributed by atoms with Gasteiger partial charge in [-0.3, -0.25) is 0 Å². The van der Waals surface area contributed by atoms with Crippen molar-refractivity contribution in [1.82, 2.24) is 0 Å². The van der Waals surface area contributed by atoms with E-state index in [9.17, 15) is 0 Å². The van der Waals surface area contributed by atoms with Crippen LogP contribution in [-0.2, 0) is 4.74 Å². The predicted molar refractivity (Wildman–Crippen MR) is 72.1 cm³/mol. The minimum absolute atomic E-state index is 0.205. The molecule has 94 valence electrons. The van der Waals surface area contributed by atoms with Gasteiger partial charge in [0.2, 0.25) is 0 Å². The van der Waals surface area contributed by atoms with Gasteiger partial charge in [0.25, 0.3) is 0 Å². The topological polar surface area (TPSA) is 9.23 Å². The van der Waals surface area contributed by atoms with Gasteiger partial charge in [0, 0.05) is 5.92 Å². The molecule has 0 fully saturated rings. The molecule has 0 N–H and O–H groups in total. The third-order valence-electron chi connectivity index (χ3n) is 3.31. The summed E-state index contributed by atoms with van der Waals surface area (Å²) >= 11 is 0. The Morgan fingerprint density at radius 3 is 2.31 bits per heavy atom. The summed E-state index contributed by atoms with van der Waals surface area (Å²) in [5.41, 5.74) is 1.32. The van der Waals surface area contributed by atoms with E-state index in [1.54, 1.807) is 0 Å². The van der Waals surface area contributed by atoms with E-state index in [1.165, 1.54) is 18.8 Å². The Bertz CT molecular complexity index is 205. The molecule has 0 rings (SSSR count). The number of ether oxygens (including phenoxy) is 1. The van der Waals surface area contributed by atoms with Crippen LogP contribution in [0.1, 0.15) is 53.9 Å². The molecule has 0 aromatic rings. The van der Waals surface area contributed by atoms with Gasteiger partial charge in [-0.25, -0.2) is 0 Å². The van der Waals surface area contributed by atoms with Crippen LogP contribution < -0.4 is 0 Å². The van der Waals surface area contributed by atoms with Gasteiger partial charge in [0.15, 0.2) is 0 Å². The molecule has 0 spiro atoms. The Balaban J connectivity index is 4.17. The molecule has 1 atom stereocenters. The van der Waals surface area contributed by atoms with E-state index in [1.807, 2.05) is 6.92 Å². The summed E-state index contributed by atoms with van der Waals surface area (Å²) in [4.78, 5) is 0. The smallest absolute Gasteiger partial charge is 0.0675 e. The molecular weight excluding hydrogens is 196 g/mol. The van der Waals surface area contributed by atoms with Crippen LogP contribution in [0.25, 0.3) is 0 Å². The highest BCUT2D eigenvalue weighted by Crippen LogP contribution is 2.37. The van der Waals surface area contributed by atoms with Crippen LogP contribution >= 0.6 is 0 Å². The fourth-order valence-corrected chi connectivity index (χ4v) is 1.71. The lowest BCUT2D eigenvalue weighted by Gasteiger charge is -2.35. The Hall–Kier alpha value is -0.300. The molecule has 0 aliphatic heterocycles. The van der Waals surface area contributed by atoms with Crippen molar-refractivity contribution < 1.29 is 4.74 Å². The van der Waals surface area contributed by atoms with E-state index in [-0.39, 0.29) is 11.5 Å². The molecular formula is C15H28O. The molecule has 0 aliphatic carbocycles. The first-order valence-corrected chi connectivity index (χ1v) is 6.20. The predicted octanol–water partition coefficient (Wildman–Crippen LogP) is 4.59. The Morgan fingerprint density at radius 2 is 1.88 bits per heavy atom. The average Bonchev–Trinajstić information content (AvgIpc) is 2.21. The summed E-state index contributed by atoms with van der Waals surface area (Å²) in [6, 6.07) is 0. The standard InChI is InChI=1S/C15H28O/c1-8-9-10-15(6,7)13(4)14(5)16-11-12(2)3/h14H,1-2,8-11H2,3-7H3. The highest BCUT2D eigenvalue weighted by atomic mass is 16.5. The molecule has 2 radical (unpaired) electrons. The van der Waals surface area contributed by atoms with Crippen molar-refractivity contribution in [3.63, 3.8) is 0 Å². The van der Waals surface area contributed by atoms with Crippen LogP contribution in [0.4, 0.5) is 0 Å². The van der Waals surface area contributed by atoms with Crippen molar-refractivity contribution >= 4 is 0 Å². The van der Waals surface area contributed by atoms with Gasteiger partial charge in [0.05, 0.1) is 12.7 Å². The second kappa shape index (κ2) is 7.11. The minimum atomic E-state index is 0.205. The number of rotatable bonds is 8. The molecule has 0 aromatic heterocycles. The summed E-state index contributed by atoms with van der Waals surface area (Å²) in [6.07, 6.45) is 3.58. The first kappa shape index (κ1) is 15.7. The average molecular weight is 224 g/mol. The van der Waals surface area contributed by atoms with Gasteiger partial charge in [-0.1, -0.05) is 52.7 Å². The molecule has 0 heterocycles. The number of hydrogen-bond donors (Lipinski definition) is 0. The second-order valence-electron chi connectivity index (χ2n) is 5.43. The Morgan fingerprint density at radius 1 is 1.31 bits per heavy atom. The van der Waals surface area contributed by atoms with Crippen LogP contribution in [-0.4, -0.2) is 12.7 Å². The van der Waals surface area contributed by atoms with E-state index in [4.69, 9.17) is 4.74 Å². The molecule has 1 unspecified atom stereocenters. The van der Waals surface area contributed by atoms with Crippen molar-refractivity contribution in [3.8, 4) is 0 Å². The van der Waals surface area contributed by atoms with Gasteiger partial charge in [-0.05, 0) is 25.7 Å². The highest BCUT2D eigenvalue weighted by Gasteiger charge is 2.30. The quantitative estimate of drug-likeness (QED) is 0.548. The SMILES string of the molecule is [CH2]CCCC(C)(C)[C](C)C(C)OCC(=C)C. The van der Waals surface area contributed by atoms with Crippen molar-refractivity contribution in [2.45, 2.75) is 60.0 Å². The normalized spacial score (nSPS) is 14.2. The lowest BCUT2D eigenvalue weighted by atomic mass is 9.74. The van der Waals surface area contributed by atoms with Crippen molar-refractivity contribution in [2.24, 2.45) is 5.41 Å². The minimum Gasteiger partial charge on any atom is -0.374 e. The Kier molecular flexibility index (Phi) is 6.98. The maximum atomic E-state index is 5.78. The zero-order chi connectivity index (χ0) is 12.8. The third kappa shape index (κ3) is 5.69.